The van der Waals surface area contributed by atoms with Gasteiger partial charge in [-0.05, 0) is 74.0 Å². The van der Waals surface area contributed by atoms with Gasteiger partial charge in [-0.2, -0.15) is 5.26 Å². The first-order valence-electron chi connectivity index (χ1n) is 9.69. The number of halogens is 1. The molecular weight excluding hydrogens is 452 g/mol. The number of nitrogens with one attached hydrogen (secondary N) is 1. The number of fused-ring (bicyclic) bond motifs is 1. The lowest BCUT2D eigenvalue weighted by Gasteiger charge is -2.11. The van der Waals surface area contributed by atoms with E-state index in [4.69, 9.17) is 0 Å². The highest BCUT2D eigenvalue weighted by Crippen LogP contribution is 2.25. The van der Waals surface area contributed by atoms with Crippen LogP contribution < -0.4 is 5.32 Å². The highest BCUT2D eigenvalue weighted by Gasteiger charge is 2.14. The predicted octanol–water partition coefficient (Wildman–Crippen LogP) is 5.95. The summed E-state index contributed by atoms with van der Waals surface area (Å²) in [5, 5.41) is 13.4. The van der Waals surface area contributed by atoms with E-state index >= 15 is 0 Å². The maximum Gasteiger partial charge on any atom is 0.266 e. The van der Waals surface area contributed by atoms with Gasteiger partial charge in [0, 0.05) is 38.8 Å². The van der Waals surface area contributed by atoms with Crippen LogP contribution in [0.3, 0.4) is 0 Å². The molecule has 6 heteroatoms. The van der Waals surface area contributed by atoms with Gasteiger partial charge in [-0.1, -0.05) is 28.1 Å². The van der Waals surface area contributed by atoms with Crippen LogP contribution in [0.25, 0.3) is 22.7 Å². The molecule has 1 amide bonds. The minimum Gasteiger partial charge on any atom is -0.321 e. The van der Waals surface area contributed by atoms with Crippen molar-refractivity contribution in [3.05, 3.63) is 93.9 Å². The Kier molecular flexibility index (Phi) is 5.70. The quantitative estimate of drug-likeness (QED) is 0.295. The van der Waals surface area contributed by atoms with Gasteiger partial charge < -0.3 is 9.88 Å². The lowest BCUT2D eigenvalue weighted by Crippen LogP contribution is -2.13. The fraction of sp³-hybridized carbons (Fsp3) is 0.0800. The number of benzene rings is 2. The monoisotopic (exact) mass is 470 g/mol. The molecule has 152 valence electrons. The first-order valence-corrected chi connectivity index (χ1v) is 10.5. The summed E-state index contributed by atoms with van der Waals surface area (Å²) in [6, 6.07) is 21.3. The normalized spacial score (nSPS) is 11.4. The zero-order chi connectivity index (χ0) is 22.0. The van der Waals surface area contributed by atoms with Crippen LogP contribution in [0, 0.1) is 25.2 Å². The second kappa shape index (κ2) is 8.58. The number of carbonyl (C=O) groups is 1. The number of nitrogens with zero attached hydrogens (tertiary/aromatic N) is 3. The van der Waals surface area contributed by atoms with Gasteiger partial charge in [0.1, 0.15) is 11.6 Å². The topological polar surface area (TPSA) is 70.7 Å². The second-order valence-corrected chi connectivity index (χ2v) is 8.09. The molecule has 31 heavy (non-hydrogen) atoms. The number of aromatic nitrogens is 2. The number of rotatable bonds is 4. The number of hydrogen-bond acceptors (Lipinski definition) is 3. The van der Waals surface area contributed by atoms with Crippen LogP contribution in [0.2, 0.25) is 0 Å². The van der Waals surface area contributed by atoms with Crippen molar-refractivity contribution >= 4 is 44.5 Å². The molecule has 0 saturated heterocycles. The Hall–Kier alpha value is -3.69. The van der Waals surface area contributed by atoms with Crippen LogP contribution in [0.15, 0.2) is 76.9 Å². The van der Waals surface area contributed by atoms with Gasteiger partial charge in [0.2, 0.25) is 0 Å². The minimum atomic E-state index is -0.442. The average Bonchev–Trinajstić information content (AvgIpc) is 3.04. The van der Waals surface area contributed by atoms with Crippen molar-refractivity contribution in [2.75, 3.05) is 5.32 Å². The Morgan fingerprint density at radius 3 is 2.74 bits per heavy atom. The standard InChI is InChI=1S/C25H19BrN4O/c1-16-11-19(12-20(15-27)25(31)29-22-7-3-6-21(26)14-22)17(2)30(16)23-8-9-24-18(13-23)5-4-10-28-24/h3-14H,1-2H3,(H,29,31)/b20-12-. The molecule has 0 radical (unpaired) electrons. The second-order valence-electron chi connectivity index (χ2n) is 7.18. The third kappa shape index (κ3) is 4.27. The van der Waals surface area contributed by atoms with Crippen LogP contribution >= 0.6 is 15.9 Å². The summed E-state index contributed by atoms with van der Waals surface area (Å²) in [7, 11) is 0. The summed E-state index contributed by atoms with van der Waals surface area (Å²) in [5.41, 5.74) is 5.39. The first kappa shape index (κ1) is 20.6. The van der Waals surface area contributed by atoms with E-state index in [9.17, 15) is 10.1 Å². The number of anilines is 1. The largest absolute Gasteiger partial charge is 0.321 e. The molecule has 5 nitrogen and oxygen atoms in total. The van der Waals surface area contributed by atoms with Crippen molar-refractivity contribution < 1.29 is 4.79 Å². The van der Waals surface area contributed by atoms with Crippen LogP contribution in [0.4, 0.5) is 5.69 Å². The van der Waals surface area contributed by atoms with E-state index in [2.05, 4.69) is 36.9 Å². The SMILES string of the molecule is Cc1cc(/C=C(/C#N)C(=O)Nc2cccc(Br)c2)c(C)n1-c1ccc2ncccc2c1. The van der Waals surface area contributed by atoms with Gasteiger partial charge in [0.05, 0.1) is 5.52 Å². The summed E-state index contributed by atoms with van der Waals surface area (Å²) in [4.78, 5) is 17.0. The Labute approximate surface area is 188 Å². The molecule has 0 aliphatic rings. The molecular formula is C25H19BrN4O. The van der Waals surface area contributed by atoms with Crippen LogP contribution in [-0.4, -0.2) is 15.5 Å². The van der Waals surface area contributed by atoms with Gasteiger partial charge >= 0.3 is 0 Å². The Balaban J connectivity index is 1.68. The highest BCUT2D eigenvalue weighted by atomic mass is 79.9. The molecule has 0 aliphatic heterocycles. The molecule has 2 heterocycles. The first-order chi connectivity index (χ1) is 15.0. The lowest BCUT2D eigenvalue weighted by molar-refractivity contribution is -0.112. The van der Waals surface area contributed by atoms with Crippen molar-refractivity contribution in [3.63, 3.8) is 0 Å². The van der Waals surface area contributed by atoms with Gasteiger partial charge in [-0.3, -0.25) is 9.78 Å². The molecule has 0 unspecified atom stereocenters. The van der Waals surface area contributed by atoms with Crippen molar-refractivity contribution in [1.82, 2.24) is 9.55 Å². The number of carbonyl (C=O) groups excluding carboxylic acids is 1. The molecule has 4 aromatic rings. The van der Waals surface area contributed by atoms with Gasteiger partial charge in [0.15, 0.2) is 0 Å². The van der Waals surface area contributed by atoms with Crippen LogP contribution in [0.5, 0.6) is 0 Å². The summed E-state index contributed by atoms with van der Waals surface area (Å²) < 4.78 is 2.96. The van der Waals surface area contributed by atoms with E-state index in [1.54, 1.807) is 24.4 Å². The number of pyridine rings is 1. The van der Waals surface area contributed by atoms with Gasteiger partial charge in [0.25, 0.3) is 5.91 Å². The number of hydrogen-bond donors (Lipinski definition) is 1. The maximum absolute atomic E-state index is 12.6. The van der Waals surface area contributed by atoms with E-state index in [-0.39, 0.29) is 5.57 Å². The molecule has 0 saturated carbocycles. The predicted molar refractivity (Wildman–Crippen MR) is 127 cm³/mol. The fourth-order valence-electron chi connectivity index (χ4n) is 3.60. The van der Waals surface area contributed by atoms with Crippen LogP contribution in [0.1, 0.15) is 17.0 Å². The number of amides is 1. The molecule has 0 spiro atoms. The molecule has 0 fully saturated rings. The van der Waals surface area contributed by atoms with Crippen LogP contribution in [-0.2, 0) is 4.79 Å². The highest BCUT2D eigenvalue weighted by molar-refractivity contribution is 9.10. The maximum atomic E-state index is 12.6. The zero-order valence-electron chi connectivity index (χ0n) is 17.1. The third-order valence-electron chi connectivity index (χ3n) is 5.06. The Morgan fingerprint density at radius 1 is 1.13 bits per heavy atom. The summed E-state index contributed by atoms with van der Waals surface area (Å²) in [6.45, 7) is 3.98. The van der Waals surface area contributed by atoms with E-state index in [0.717, 1.165) is 38.0 Å². The van der Waals surface area contributed by atoms with Gasteiger partial charge in [-0.25, -0.2) is 0 Å². The Morgan fingerprint density at radius 2 is 1.97 bits per heavy atom. The van der Waals surface area contributed by atoms with Crippen molar-refractivity contribution in [3.8, 4) is 11.8 Å². The molecule has 1 N–H and O–H groups in total. The minimum absolute atomic E-state index is 0.0444. The van der Waals surface area contributed by atoms with Crippen molar-refractivity contribution in [2.45, 2.75) is 13.8 Å². The zero-order valence-corrected chi connectivity index (χ0v) is 18.6. The van der Waals surface area contributed by atoms with Crippen molar-refractivity contribution in [2.24, 2.45) is 0 Å². The molecule has 0 bridgehead atoms. The Bertz CT molecular complexity index is 1380. The van der Waals surface area contributed by atoms with E-state index < -0.39 is 5.91 Å². The number of aryl methyl sites for hydroxylation is 1. The summed E-state index contributed by atoms with van der Waals surface area (Å²) >= 11 is 3.38. The third-order valence-corrected chi connectivity index (χ3v) is 5.56. The van der Waals surface area contributed by atoms with Crippen molar-refractivity contribution in [1.29, 1.82) is 5.26 Å². The molecule has 2 aromatic heterocycles. The van der Waals surface area contributed by atoms with E-state index in [1.165, 1.54) is 0 Å². The molecule has 0 aliphatic carbocycles. The summed E-state index contributed by atoms with van der Waals surface area (Å²) in [6.07, 6.45) is 3.41. The van der Waals surface area contributed by atoms with E-state index in [1.807, 2.05) is 62.4 Å². The molecule has 0 atom stereocenters. The fourth-order valence-corrected chi connectivity index (χ4v) is 4.00. The molecule has 2 aromatic carbocycles. The lowest BCUT2D eigenvalue weighted by atomic mass is 10.1. The number of nitriles is 1. The average molecular weight is 471 g/mol. The smallest absolute Gasteiger partial charge is 0.266 e. The summed E-state index contributed by atoms with van der Waals surface area (Å²) in [5.74, 6) is -0.442. The van der Waals surface area contributed by atoms with E-state index in [0.29, 0.717) is 5.69 Å². The van der Waals surface area contributed by atoms with Gasteiger partial charge in [-0.15, -0.1) is 0 Å². The molecule has 4 rings (SSSR count).